The van der Waals surface area contributed by atoms with Crippen molar-refractivity contribution in [2.75, 3.05) is 0 Å². The molecule has 1 aliphatic carbocycles. The van der Waals surface area contributed by atoms with Gasteiger partial charge in [0.2, 0.25) is 0 Å². The number of H-pyrrole nitrogens is 1. The van der Waals surface area contributed by atoms with E-state index < -0.39 is 0 Å². The Balaban J connectivity index is 1.76. The molecule has 0 spiro atoms. The van der Waals surface area contributed by atoms with Gasteiger partial charge in [-0.15, -0.1) is 0 Å². The van der Waals surface area contributed by atoms with Crippen LogP contribution in [0.1, 0.15) is 18.7 Å². The van der Waals surface area contributed by atoms with Crippen molar-refractivity contribution in [1.29, 1.82) is 0 Å². The van der Waals surface area contributed by atoms with Gasteiger partial charge in [0.25, 0.3) is 0 Å². The number of hydrogen-bond acceptors (Lipinski definition) is 3. The molecule has 2 aromatic heterocycles. The first-order valence-corrected chi connectivity index (χ1v) is 5.61. The van der Waals surface area contributed by atoms with Crippen LogP contribution in [0.15, 0.2) is 30.6 Å². The molecule has 4 heteroatoms. The lowest BCUT2D eigenvalue weighted by molar-refractivity contribution is 0.658. The third-order valence-corrected chi connectivity index (χ3v) is 2.71. The number of aromatic nitrogens is 3. The van der Waals surface area contributed by atoms with Crippen molar-refractivity contribution in [1.82, 2.24) is 20.3 Å². The van der Waals surface area contributed by atoms with Gasteiger partial charge >= 0.3 is 0 Å². The quantitative estimate of drug-likeness (QED) is 0.814. The van der Waals surface area contributed by atoms with E-state index in [9.17, 15) is 0 Å². The van der Waals surface area contributed by atoms with Gasteiger partial charge in [0.1, 0.15) is 5.82 Å². The van der Waals surface area contributed by atoms with E-state index in [2.05, 4.69) is 20.3 Å². The highest BCUT2D eigenvalue weighted by atomic mass is 15.0. The molecule has 1 saturated carbocycles. The second kappa shape index (κ2) is 4.06. The summed E-state index contributed by atoms with van der Waals surface area (Å²) in [4.78, 5) is 11.9. The van der Waals surface area contributed by atoms with Crippen LogP contribution in [0.4, 0.5) is 0 Å². The van der Waals surface area contributed by atoms with E-state index in [1.807, 2.05) is 30.6 Å². The summed E-state index contributed by atoms with van der Waals surface area (Å²) < 4.78 is 0. The second-order valence-corrected chi connectivity index (χ2v) is 4.10. The SMILES string of the molecule is c1c[nH]c(-c2ccnc(CNC3CC3)n2)c1. The number of nitrogens with zero attached hydrogens (tertiary/aromatic N) is 2. The van der Waals surface area contributed by atoms with Crippen molar-refractivity contribution < 1.29 is 0 Å². The molecular weight excluding hydrogens is 200 g/mol. The molecule has 0 aromatic carbocycles. The van der Waals surface area contributed by atoms with Crippen LogP contribution < -0.4 is 5.32 Å². The Morgan fingerprint density at radius 1 is 1.38 bits per heavy atom. The fourth-order valence-corrected chi connectivity index (χ4v) is 1.65. The molecule has 0 aliphatic heterocycles. The Morgan fingerprint density at radius 3 is 3.06 bits per heavy atom. The van der Waals surface area contributed by atoms with Gasteiger partial charge in [0.05, 0.1) is 17.9 Å². The molecule has 0 atom stereocenters. The summed E-state index contributed by atoms with van der Waals surface area (Å²) in [5, 5.41) is 3.41. The Kier molecular flexibility index (Phi) is 2.42. The van der Waals surface area contributed by atoms with E-state index in [4.69, 9.17) is 0 Å². The molecule has 0 radical (unpaired) electrons. The summed E-state index contributed by atoms with van der Waals surface area (Å²) in [6, 6.07) is 6.60. The Bertz CT molecular complexity index is 460. The number of aromatic amines is 1. The van der Waals surface area contributed by atoms with E-state index in [1.165, 1.54) is 12.8 Å². The Morgan fingerprint density at radius 2 is 2.31 bits per heavy atom. The van der Waals surface area contributed by atoms with E-state index in [1.54, 1.807) is 0 Å². The molecule has 4 nitrogen and oxygen atoms in total. The third kappa shape index (κ3) is 2.12. The largest absolute Gasteiger partial charge is 0.360 e. The summed E-state index contributed by atoms with van der Waals surface area (Å²) in [5.74, 6) is 0.860. The molecular formula is C12H14N4. The zero-order valence-corrected chi connectivity index (χ0v) is 8.98. The van der Waals surface area contributed by atoms with E-state index >= 15 is 0 Å². The molecule has 2 heterocycles. The van der Waals surface area contributed by atoms with Gasteiger partial charge in [-0.1, -0.05) is 0 Å². The highest BCUT2D eigenvalue weighted by molar-refractivity contribution is 5.53. The molecule has 1 aliphatic rings. The van der Waals surface area contributed by atoms with Crippen LogP contribution in [0.5, 0.6) is 0 Å². The molecule has 2 aromatic rings. The minimum atomic E-state index is 0.692. The van der Waals surface area contributed by atoms with Crippen LogP contribution in [-0.4, -0.2) is 21.0 Å². The highest BCUT2D eigenvalue weighted by Crippen LogP contribution is 2.19. The summed E-state index contributed by atoms with van der Waals surface area (Å²) in [5.41, 5.74) is 1.99. The van der Waals surface area contributed by atoms with Gasteiger partial charge < -0.3 is 10.3 Å². The first kappa shape index (κ1) is 9.54. The van der Waals surface area contributed by atoms with Crippen molar-refractivity contribution in [3.8, 4) is 11.4 Å². The summed E-state index contributed by atoms with van der Waals surface area (Å²) in [6.45, 7) is 0.763. The second-order valence-electron chi connectivity index (χ2n) is 4.10. The number of hydrogen-bond donors (Lipinski definition) is 2. The molecule has 16 heavy (non-hydrogen) atoms. The van der Waals surface area contributed by atoms with E-state index in [-0.39, 0.29) is 0 Å². The highest BCUT2D eigenvalue weighted by Gasteiger charge is 2.20. The zero-order chi connectivity index (χ0) is 10.8. The average Bonchev–Trinajstić information content (AvgIpc) is 2.99. The normalized spacial score (nSPS) is 15.2. The lowest BCUT2D eigenvalue weighted by Gasteiger charge is -2.03. The smallest absolute Gasteiger partial charge is 0.142 e. The molecule has 3 rings (SSSR count). The summed E-state index contributed by atoms with van der Waals surface area (Å²) in [7, 11) is 0. The summed E-state index contributed by atoms with van der Waals surface area (Å²) >= 11 is 0. The molecule has 0 unspecified atom stereocenters. The number of rotatable bonds is 4. The van der Waals surface area contributed by atoms with Gasteiger partial charge in [-0.2, -0.15) is 0 Å². The average molecular weight is 214 g/mol. The minimum Gasteiger partial charge on any atom is -0.360 e. The topological polar surface area (TPSA) is 53.6 Å². The van der Waals surface area contributed by atoms with Crippen LogP contribution in [0.3, 0.4) is 0 Å². The van der Waals surface area contributed by atoms with Crippen LogP contribution in [0, 0.1) is 0 Å². The van der Waals surface area contributed by atoms with E-state index in [0.717, 1.165) is 23.8 Å². The predicted molar refractivity (Wildman–Crippen MR) is 61.7 cm³/mol. The standard InChI is InChI=1S/C12H14N4/c1-2-10(13-6-1)11-5-7-14-12(16-11)8-15-9-3-4-9/h1-2,5-7,9,13,15H,3-4,8H2. The molecule has 1 fully saturated rings. The molecule has 0 bridgehead atoms. The van der Waals surface area contributed by atoms with Crippen LogP contribution in [-0.2, 0) is 6.54 Å². The Hall–Kier alpha value is -1.68. The monoisotopic (exact) mass is 214 g/mol. The van der Waals surface area contributed by atoms with Crippen molar-refractivity contribution in [2.24, 2.45) is 0 Å². The van der Waals surface area contributed by atoms with Gasteiger partial charge in [-0.25, -0.2) is 9.97 Å². The summed E-state index contributed by atoms with van der Waals surface area (Å²) in [6.07, 6.45) is 6.29. The molecule has 0 saturated heterocycles. The lowest BCUT2D eigenvalue weighted by atomic mass is 10.3. The fraction of sp³-hybridized carbons (Fsp3) is 0.333. The fourth-order valence-electron chi connectivity index (χ4n) is 1.65. The lowest BCUT2D eigenvalue weighted by Crippen LogP contribution is -2.17. The predicted octanol–water partition coefficient (Wildman–Crippen LogP) is 1.72. The van der Waals surface area contributed by atoms with Gasteiger partial charge in [-0.3, -0.25) is 0 Å². The van der Waals surface area contributed by atoms with Gasteiger partial charge in [0.15, 0.2) is 0 Å². The van der Waals surface area contributed by atoms with Crippen LogP contribution >= 0.6 is 0 Å². The molecule has 82 valence electrons. The Labute approximate surface area is 94.1 Å². The van der Waals surface area contributed by atoms with Crippen LogP contribution in [0.2, 0.25) is 0 Å². The van der Waals surface area contributed by atoms with Crippen LogP contribution in [0.25, 0.3) is 11.4 Å². The van der Waals surface area contributed by atoms with Gasteiger partial charge in [0, 0.05) is 18.4 Å². The molecule has 0 amide bonds. The maximum atomic E-state index is 4.51. The van der Waals surface area contributed by atoms with E-state index in [0.29, 0.717) is 6.04 Å². The zero-order valence-electron chi connectivity index (χ0n) is 8.98. The minimum absolute atomic E-state index is 0.692. The van der Waals surface area contributed by atoms with Crippen molar-refractivity contribution in [3.05, 3.63) is 36.4 Å². The van der Waals surface area contributed by atoms with Crippen molar-refractivity contribution >= 4 is 0 Å². The van der Waals surface area contributed by atoms with Gasteiger partial charge in [-0.05, 0) is 31.0 Å². The number of nitrogens with one attached hydrogen (secondary N) is 2. The van der Waals surface area contributed by atoms with Crippen molar-refractivity contribution in [3.63, 3.8) is 0 Å². The third-order valence-electron chi connectivity index (χ3n) is 2.71. The maximum Gasteiger partial charge on any atom is 0.142 e. The van der Waals surface area contributed by atoms with Crippen molar-refractivity contribution in [2.45, 2.75) is 25.4 Å². The molecule has 2 N–H and O–H groups in total. The maximum absolute atomic E-state index is 4.51. The first-order chi connectivity index (χ1) is 7.92. The first-order valence-electron chi connectivity index (χ1n) is 5.61.